The number of fused-ring (bicyclic) bond motifs is 2. The minimum atomic E-state index is 0.0903. The van der Waals surface area contributed by atoms with Crippen LogP contribution in [0.15, 0.2) is 54.6 Å². The van der Waals surface area contributed by atoms with E-state index in [4.69, 9.17) is 9.97 Å². The minimum Gasteiger partial charge on any atom is -0.356 e. The lowest BCUT2D eigenvalue weighted by atomic mass is 10.00. The van der Waals surface area contributed by atoms with Crippen molar-refractivity contribution in [2.75, 3.05) is 36.0 Å². The van der Waals surface area contributed by atoms with Gasteiger partial charge >= 0.3 is 0 Å². The highest BCUT2D eigenvalue weighted by atomic mass is 16.2. The van der Waals surface area contributed by atoms with Crippen molar-refractivity contribution in [1.82, 2.24) is 14.9 Å². The first-order valence-corrected chi connectivity index (χ1v) is 12.6. The van der Waals surface area contributed by atoms with Crippen LogP contribution >= 0.6 is 0 Å². The zero-order valence-electron chi connectivity index (χ0n) is 19.6. The van der Waals surface area contributed by atoms with Crippen molar-refractivity contribution < 1.29 is 4.79 Å². The Balaban J connectivity index is 1.34. The van der Waals surface area contributed by atoms with Crippen LogP contribution in [0.4, 0.5) is 11.8 Å². The van der Waals surface area contributed by atoms with Gasteiger partial charge in [-0.1, -0.05) is 42.5 Å². The van der Waals surface area contributed by atoms with Gasteiger partial charge < -0.3 is 14.7 Å². The molecule has 174 valence electrons. The van der Waals surface area contributed by atoms with E-state index in [1.165, 1.54) is 30.4 Å². The quantitative estimate of drug-likeness (QED) is 0.594. The van der Waals surface area contributed by atoms with Crippen molar-refractivity contribution in [2.45, 2.75) is 45.2 Å². The highest BCUT2D eigenvalue weighted by Gasteiger charge is 2.30. The topological polar surface area (TPSA) is 52.6 Å². The second kappa shape index (κ2) is 9.09. The van der Waals surface area contributed by atoms with Gasteiger partial charge in [0.1, 0.15) is 5.82 Å². The maximum atomic E-state index is 13.2. The summed E-state index contributed by atoms with van der Waals surface area (Å²) in [5, 5.41) is 0. The first kappa shape index (κ1) is 21.1. The summed E-state index contributed by atoms with van der Waals surface area (Å²) in [5.74, 6) is 1.98. The van der Waals surface area contributed by atoms with Gasteiger partial charge in [0.05, 0.1) is 12.2 Å². The Morgan fingerprint density at radius 2 is 1.47 bits per heavy atom. The predicted octanol–water partition coefficient (Wildman–Crippen LogP) is 4.23. The molecule has 0 atom stereocenters. The minimum absolute atomic E-state index is 0.0903. The van der Waals surface area contributed by atoms with Gasteiger partial charge in [0.15, 0.2) is 0 Å². The van der Waals surface area contributed by atoms with Crippen LogP contribution in [-0.4, -0.2) is 47.0 Å². The number of anilines is 2. The Labute approximate surface area is 201 Å². The van der Waals surface area contributed by atoms with Crippen LogP contribution in [0.2, 0.25) is 0 Å². The summed E-state index contributed by atoms with van der Waals surface area (Å²) < 4.78 is 0. The Morgan fingerprint density at radius 1 is 0.706 bits per heavy atom. The van der Waals surface area contributed by atoms with Crippen molar-refractivity contribution in [3.63, 3.8) is 0 Å². The van der Waals surface area contributed by atoms with Gasteiger partial charge in [-0.05, 0) is 48.9 Å². The third kappa shape index (κ3) is 4.02. The average molecular weight is 454 g/mol. The van der Waals surface area contributed by atoms with E-state index in [2.05, 4.69) is 34.1 Å². The molecule has 0 aliphatic carbocycles. The fraction of sp³-hybridized carbons (Fsp3) is 0.393. The maximum absolute atomic E-state index is 13.2. The summed E-state index contributed by atoms with van der Waals surface area (Å²) in [7, 11) is 0. The number of carbonyl (C=O) groups is 1. The lowest BCUT2D eigenvalue weighted by molar-refractivity contribution is 0.0733. The summed E-state index contributed by atoms with van der Waals surface area (Å²) in [6, 6.07) is 18.3. The number of amides is 1. The van der Waals surface area contributed by atoms with Gasteiger partial charge in [0.2, 0.25) is 5.95 Å². The molecular weight excluding hydrogens is 422 g/mol. The number of aromatic nitrogens is 2. The molecule has 1 saturated heterocycles. The SMILES string of the molecule is O=C(c1ccccc1)N1CCc2nc(N3CCc4ccccc4C3)nc(N3CCCCC3)c2C1. The number of benzene rings is 2. The molecular formula is C28H31N5O. The second-order valence-electron chi connectivity index (χ2n) is 9.60. The standard InChI is InChI=1S/C28H31N5O/c34-27(22-10-3-1-4-11-22)32-18-14-25-24(20-32)26(31-15-7-2-8-16-31)30-28(29-25)33-17-13-21-9-5-6-12-23(21)19-33/h1,3-6,9-12H,2,7-8,13-20H2. The van der Waals surface area contributed by atoms with Crippen LogP contribution in [0.1, 0.15) is 52.0 Å². The number of nitrogens with zero attached hydrogens (tertiary/aromatic N) is 5. The second-order valence-corrected chi connectivity index (χ2v) is 9.60. The first-order chi connectivity index (χ1) is 16.8. The van der Waals surface area contributed by atoms with Crippen molar-refractivity contribution in [3.8, 4) is 0 Å². The lowest BCUT2D eigenvalue weighted by Crippen LogP contribution is -2.40. The molecule has 0 bridgehead atoms. The van der Waals surface area contributed by atoms with Crippen LogP contribution in [0.3, 0.4) is 0 Å². The van der Waals surface area contributed by atoms with E-state index in [9.17, 15) is 4.79 Å². The largest absolute Gasteiger partial charge is 0.356 e. The van der Waals surface area contributed by atoms with Crippen molar-refractivity contribution in [3.05, 3.63) is 82.5 Å². The Kier molecular flexibility index (Phi) is 5.65. The average Bonchev–Trinajstić information content (AvgIpc) is 2.92. The van der Waals surface area contributed by atoms with Crippen molar-refractivity contribution in [1.29, 1.82) is 0 Å². The molecule has 0 saturated carbocycles. The fourth-order valence-corrected chi connectivity index (χ4v) is 5.50. The van der Waals surface area contributed by atoms with Crippen LogP contribution in [-0.2, 0) is 25.9 Å². The van der Waals surface area contributed by atoms with Crippen LogP contribution in [0.25, 0.3) is 0 Å². The molecule has 6 rings (SSSR count). The van der Waals surface area contributed by atoms with Gasteiger partial charge in [-0.3, -0.25) is 4.79 Å². The van der Waals surface area contributed by atoms with Crippen LogP contribution in [0.5, 0.6) is 0 Å². The van der Waals surface area contributed by atoms with Gasteiger partial charge in [0.25, 0.3) is 5.91 Å². The van der Waals surface area contributed by atoms with E-state index in [1.54, 1.807) is 0 Å². The smallest absolute Gasteiger partial charge is 0.254 e. The molecule has 6 nitrogen and oxygen atoms in total. The molecule has 1 fully saturated rings. The number of carbonyl (C=O) groups excluding carboxylic acids is 1. The highest BCUT2D eigenvalue weighted by molar-refractivity contribution is 5.94. The van der Waals surface area contributed by atoms with Crippen LogP contribution in [0, 0.1) is 0 Å². The molecule has 0 unspecified atom stereocenters. The predicted molar refractivity (Wildman–Crippen MR) is 134 cm³/mol. The van der Waals surface area contributed by atoms with E-state index < -0.39 is 0 Å². The molecule has 1 aromatic heterocycles. The van der Waals surface area contributed by atoms with E-state index in [0.717, 1.165) is 67.6 Å². The number of piperidine rings is 1. The van der Waals surface area contributed by atoms with Gasteiger partial charge in [0, 0.05) is 50.3 Å². The normalized spacial score (nSPS) is 17.8. The molecule has 3 aromatic rings. The highest BCUT2D eigenvalue weighted by Crippen LogP contribution is 2.32. The molecule has 0 radical (unpaired) electrons. The Bertz CT molecular complexity index is 1190. The summed E-state index contributed by atoms with van der Waals surface area (Å²) in [6.45, 7) is 5.12. The molecule has 1 amide bonds. The zero-order chi connectivity index (χ0) is 22.9. The number of hydrogen-bond acceptors (Lipinski definition) is 5. The van der Waals surface area contributed by atoms with Gasteiger partial charge in [-0.15, -0.1) is 0 Å². The molecule has 0 N–H and O–H groups in total. The third-order valence-corrected chi connectivity index (χ3v) is 7.40. The summed E-state index contributed by atoms with van der Waals surface area (Å²) in [6.07, 6.45) is 5.46. The van der Waals surface area contributed by atoms with Crippen molar-refractivity contribution in [2.24, 2.45) is 0 Å². The molecule has 3 aliphatic heterocycles. The van der Waals surface area contributed by atoms with E-state index in [1.807, 2.05) is 35.2 Å². The molecule has 3 aliphatic rings. The lowest BCUT2D eigenvalue weighted by Gasteiger charge is -2.36. The molecule has 4 heterocycles. The molecule has 0 spiro atoms. The number of rotatable bonds is 3. The van der Waals surface area contributed by atoms with Gasteiger partial charge in [-0.2, -0.15) is 4.98 Å². The van der Waals surface area contributed by atoms with E-state index >= 15 is 0 Å². The van der Waals surface area contributed by atoms with E-state index in [-0.39, 0.29) is 5.91 Å². The Morgan fingerprint density at radius 3 is 2.29 bits per heavy atom. The molecule has 2 aromatic carbocycles. The number of hydrogen-bond donors (Lipinski definition) is 0. The Hall–Kier alpha value is -3.41. The molecule has 6 heteroatoms. The van der Waals surface area contributed by atoms with E-state index in [0.29, 0.717) is 13.1 Å². The monoisotopic (exact) mass is 453 g/mol. The van der Waals surface area contributed by atoms with Gasteiger partial charge in [-0.25, -0.2) is 4.98 Å². The first-order valence-electron chi connectivity index (χ1n) is 12.6. The zero-order valence-corrected chi connectivity index (χ0v) is 19.6. The summed E-state index contributed by atoms with van der Waals surface area (Å²) in [5.41, 5.74) is 5.80. The van der Waals surface area contributed by atoms with Crippen LogP contribution < -0.4 is 9.80 Å². The maximum Gasteiger partial charge on any atom is 0.254 e. The fourth-order valence-electron chi connectivity index (χ4n) is 5.50. The third-order valence-electron chi connectivity index (χ3n) is 7.40. The summed E-state index contributed by atoms with van der Waals surface area (Å²) >= 11 is 0. The molecule has 34 heavy (non-hydrogen) atoms. The van der Waals surface area contributed by atoms with Crippen molar-refractivity contribution >= 4 is 17.7 Å². The summed E-state index contributed by atoms with van der Waals surface area (Å²) in [4.78, 5) is 30.2.